The van der Waals surface area contributed by atoms with E-state index in [2.05, 4.69) is 43.0 Å². The standard InChI is InChI=1S/C26H25BrClN5O2S2/c1-3-12-33-23(5-4-13-35-22-11-10-20(28)14-17(22)2)31-32-26(33)37-16-24(34)30-25-29-21(15-36-25)18-6-8-19(27)9-7-18/h3,6-11,14-15H,1,4-5,12-13,16H2,2H3,(H,29,30,34). The number of benzene rings is 2. The number of aromatic nitrogens is 4. The fraction of sp³-hybridized carbons (Fsp3) is 0.231. The van der Waals surface area contributed by atoms with Gasteiger partial charge in [-0.3, -0.25) is 4.79 Å². The minimum Gasteiger partial charge on any atom is -0.493 e. The Kier molecular flexibility index (Phi) is 9.79. The predicted octanol–water partition coefficient (Wildman–Crippen LogP) is 7.05. The van der Waals surface area contributed by atoms with E-state index in [1.165, 1.54) is 23.1 Å². The van der Waals surface area contributed by atoms with Gasteiger partial charge in [0, 0.05) is 33.4 Å². The Hall–Kier alpha value is -2.66. The first kappa shape index (κ1) is 27.4. The smallest absolute Gasteiger partial charge is 0.236 e. The molecule has 4 rings (SSSR count). The lowest BCUT2D eigenvalue weighted by Crippen LogP contribution is -2.14. The molecule has 0 saturated heterocycles. The van der Waals surface area contributed by atoms with E-state index >= 15 is 0 Å². The molecular weight excluding hydrogens is 594 g/mol. The Morgan fingerprint density at radius 2 is 2.08 bits per heavy atom. The van der Waals surface area contributed by atoms with Crippen LogP contribution in [-0.4, -0.2) is 38.0 Å². The molecule has 11 heteroatoms. The third kappa shape index (κ3) is 7.67. The van der Waals surface area contributed by atoms with Crippen molar-refractivity contribution in [1.82, 2.24) is 19.7 Å². The van der Waals surface area contributed by atoms with E-state index in [1.54, 1.807) is 6.08 Å². The van der Waals surface area contributed by atoms with Gasteiger partial charge in [-0.25, -0.2) is 4.98 Å². The van der Waals surface area contributed by atoms with E-state index in [1.807, 2.05) is 59.3 Å². The zero-order valence-electron chi connectivity index (χ0n) is 20.1. The molecule has 2 aromatic carbocycles. The Labute approximate surface area is 237 Å². The number of hydrogen-bond donors (Lipinski definition) is 1. The van der Waals surface area contributed by atoms with Gasteiger partial charge >= 0.3 is 0 Å². The molecule has 1 amide bonds. The van der Waals surface area contributed by atoms with Gasteiger partial charge in [0.25, 0.3) is 0 Å². The van der Waals surface area contributed by atoms with Gasteiger partial charge in [-0.05, 0) is 49.2 Å². The van der Waals surface area contributed by atoms with Crippen LogP contribution in [0.5, 0.6) is 5.75 Å². The summed E-state index contributed by atoms with van der Waals surface area (Å²) in [7, 11) is 0. The monoisotopic (exact) mass is 617 g/mol. The van der Waals surface area contributed by atoms with E-state index in [0.29, 0.717) is 34.9 Å². The fourth-order valence-electron chi connectivity index (χ4n) is 3.48. The highest BCUT2D eigenvalue weighted by molar-refractivity contribution is 9.10. The molecule has 4 aromatic rings. The zero-order valence-corrected chi connectivity index (χ0v) is 24.1. The average molecular weight is 619 g/mol. The van der Waals surface area contributed by atoms with Crippen LogP contribution in [0.25, 0.3) is 11.3 Å². The molecule has 0 fully saturated rings. The lowest BCUT2D eigenvalue weighted by atomic mass is 10.2. The number of allylic oxidation sites excluding steroid dienone is 1. The summed E-state index contributed by atoms with van der Waals surface area (Å²) in [6.07, 6.45) is 3.26. The molecule has 0 saturated carbocycles. The molecule has 0 radical (unpaired) electrons. The van der Waals surface area contributed by atoms with Crippen molar-refractivity contribution < 1.29 is 9.53 Å². The molecule has 7 nitrogen and oxygen atoms in total. The van der Waals surface area contributed by atoms with E-state index in [4.69, 9.17) is 16.3 Å². The zero-order chi connectivity index (χ0) is 26.2. The number of nitrogens with zero attached hydrogens (tertiary/aromatic N) is 4. The number of rotatable bonds is 12. The summed E-state index contributed by atoms with van der Waals surface area (Å²) in [5.74, 6) is 1.70. The summed E-state index contributed by atoms with van der Waals surface area (Å²) < 4.78 is 8.87. The van der Waals surface area contributed by atoms with Crippen molar-refractivity contribution in [3.05, 3.63) is 81.4 Å². The van der Waals surface area contributed by atoms with Gasteiger partial charge in [-0.2, -0.15) is 0 Å². The molecule has 2 aromatic heterocycles. The molecule has 192 valence electrons. The number of aryl methyl sites for hydroxylation is 2. The Morgan fingerprint density at radius 3 is 2.84 bits per heavy atom. The van der Waals surface area contributed by atoms with Crippen LogP contribution in [-0.2, 0) is 17.8 Å². The second-order valence-electron chi connectivity index (χ2n) is 8.04. The predicted molar refractivity (Wildman–Crippen MR) is 155 cm³/mol. The molecular formula is C26H25BrClN5O2S2. The van der Waals surface area contributed by atoms with Crippen molar-refractivity contribution in [2.24, 2.45) is 0 Å². The van der Waals surface area contributed by atoms with E-state index in [9.17, 15) is 4.79 Å². The maximum atomic E-state index is 12.6. The fourth-order valence-corrected chi connectivity index (χ4v) is 5.47. The number of halogens is 2. The molecule has 0 atom stereocenters. The van der Waals surface area contributed by atoms with Crippen LogP contribution in [0, 0.1) is 6.92 Å². The third-order valence-electron chi connectivity index (χ3n) is 5.27. The van der Waals surface area contributed by atoms with E-state index in [0.717, 1.165) is 39.3 Å². The van der Waals surface area contributed by atoms with Gasteiger partial charge in [-0.1, -0.05) is 57.5 Å². The van der Waals surface area contributed by atoms with Crippen LogP contribution in [0.15, 0.2) is 70.1 Å². The van der Waals surface area contributed by atoms with Crippen LogP contribution in [0.2, 0.25) is 5.02 Å². The molecule has 0 bridgehead atoms. The quantitative estimate of drug-likeness (QED) is 0.104. The van der Waals surface area contributed by atoms with E-state index in [-0.39, 0.29) is 11.7 Å². The molecule has 0 aliphatic carbocycles. The number of thioether (sulfide) groups is 1. The molecule has 1 N–H and O–H groups in total. The van der Waals surface area contributed by atoms with Crippen molar-refractivity contribution in [2.75, 3.05) is 17.7 Å². The first-order valence-corrected chi connectivity index (χ1v) is 14.5. The number of thiazole rings is 1. The number of amides is 1. The van der Waals surface area contributed by atoms with Crippen molar-refractivity contribution in [3.63, 3.8) is 0 Å². The molecule has 0 unspecified atom stereocenters. The second-order valence-corrected chi connectivity index (χ2v) is 11.2. The molecule has 0 aliphatic heterocycles. The minimum absolute atomic E-state index is 0.150. The second kappa shape index (κ2) is 13.2. The minimum atomic E-state index is -0.150. The summed E-state index contributed by atoms with van der Waals surface area (Å²) in [5, 5.41) is 15.4. The Morgan fingerprint density at radius 1 is 1.27 bits per heavy atom. The number of hydrogen-bond acceptors (Lipinski definition) is 7. The third-order valence-corrected chi connectivity index (χ3v) is 7.76. The average Bonchev–Trinajstić information content (AvgIpc) is 3.49. The Balaban J connectivity index is 1.28. The number of nitrogens with one attached hydrogen (secondary N) is 1. The van der Waals surface area contributed by atoms with Gasteiger partial charge < -0.3 is 14.6 Å². The highest BCUT2D eigenvalue weighted by Gasteiger charge is 2.15. The highest BCUT2D eigenvalue weighted by Crippen LogP contribution is 2.27. The summed E-state index contributed by atoms with van der Waals surface area (Å²) in [6.45, 7) is 6.92. The van der Waals surface area contributed by atoms with Crippen LogP contribution < -0.4 is 10.1 Å². The largest absolute Gasteiger partial charge is 0.493 e. The summed E-state index contributed by atoms with van der Waals surface area (Å²) >= 11 is 12.2. The molecule has 0 spiro atoms. The van der Waals surface area contributed by atoms with Crippen LogP contribution in [0.1, 0.15) is 17.8 Å². The lowest BCUT2D eigenvalue weighted by molar-refractivity contribution is -0.113. The van der Waals surface area contributed by atoms with Crippen LogP contribution >= 0.6 is 50.6 Å². The maximum Gasteiger partial charge on any atom is 0.236 e. The number of anilines is 1. The number of carbonyl (C=O) groups is 1. The van der Waals surface area contributed by atoms with Crippen LogP contribution in [0.3, 0.4) is 0 Å². The first-order valence-electron chi connectivity index (χ1n) is 11.5. The summed E-state index contributed by atoms with van der Waals surface area (Å²) in [5.41, 5.74) is 2.82. The first-order chi connectivity index (χ1) is 17.9. The van der Waals surface area contributed by atoms with Gasteiger partial charge in [0.2, 0.25) is 5.91 Å². The van der Waals surface area contributed by atoms with Crippen molar-refractivity contribution in [3.8, 4) is 17.0 Å². The van der Waals surface area contributed by atoms with Crippen molar-refractivity contribution in [2.45, 2.75) is 31.5 Å². The van der Waals surface area contributed by atoms with Gasteiger partial charge in [0.15, 0.2) is 10.3 Å². The van der Waals surface area contributed by atoms with Gasteiger partial charge in [-0.15, -0.1) is 28.1 Å². The van der Waals surface area contributed by atoms with Crippen LogP contribution in [0.4, 0.5) is 5.13 Å². The molecule has 0 aliphatic rings. The van der Waals surface area contributed by atoms with Gasteiger partial charge in [0.1, 0.15) is 11.6 Å². The lowest BCUT2D eigenvalue weighted by Gasteiger charge is -2.10. The SMILES string of the molecule is C=CCn1c(CCCOc2ccc(Cl)cc2C)nnc1SCC(=O)Nc1nc(-c2ccc(Br)cc2)cs1. The van der Waals surface area contributed by atoms with Crippen molar-refractivity contribution in [1.29, 1.82) is 0 Å². The molecule has 37 heavy (non-hydrogen) atoms. The number of carbonyl (C=O) groups excluding carboxylic acids is 1. The summed E-state index contributed by atoms with van der Waals surface area (Å²) in [6, 6.07) is 13.5. The number of ether oxygens (including phenoxy) is 1. The van der Waals surface area contributed by atoms with Crippen molar-refractivity contribution >= 4 is 61.7 Å². The van der Waals surface area contributed by atoms with Gasteiger partial charge in [0.05, 0.1) is 18.1 Å². The Bertz CT molecular complexity index is 1370. The topological polar surface area (TPSA) is 81.9 Å². The summed E-state index contributed by atoms with van der Waals surface area (Å²) in [4.78, 5) is 17.1. The maximum absolute atomic E-state index is 12.6. The molecule has 2 heterocycles. The highest BCUT2D eigenvalue weighted by atomic mass is 79.9. The van der Waals surface area contributed by atoms with E-state index < -0.39 is 0 Å². The normalized spacial score (nSPS) is 10.9.